The number of phenolic OH excluding ortho intramolecular Hbond substituents is 2. The Labute approximate surface area is 229 Å². The van der Waals surface area contributed by atoms with E-state index in [1.54, 1.807) is 13.8 Å². The number of hydrogen-bond donors (Lipinski definition) is 2. The summed E-state index contributed by atoms with van der Waals surface area (Å²) in [5, 5.41) is 31.7. The third-order valence-electron chi connectivity index (χ3n) is 5.89. The number of halogens is 1. The maximum Gasteiger partial charge on any atom is 0.338 e. The number of benzene rings is 2. The van der Waals surface area contributed by atoms with E-state index in [0.29, 0.717) is 11.3 Å². The van der Waals surface area contributed by atoms with Gasteiger partial charge in [0.05, 0.1) is 52.6 Å². The van der Waals surface area contributed by atoms with Crippen molar-refractivity contribution in [2.24, 2.45) is 4.99 Å². The van der Waals surface area contributed by atoms with Crippen molar-refractivity contribution in [2.45, 2.75) is 19.9 Å². The first-order valence-electron chi connectivity index (χ1n) is 11.3. The van der Waals surface area contributed by atoms with Gasteiger partial charge >= 0.3 is 11.7 Å². The largest absolute Gasteiger partial charge is 0.503 e. The zero-order chi connectivity index (χ0) is 28.6. The van der Waals surface area contributed by atoms with Crippen LogP contribution in [-0.2, 0) is 9.53 Å². The highest BCUT2D eigenvalue weighted by Gasteiger charge is 2.34. The normalized spacial score (nSPS) is 15.0. The van der Waals surface area contributed by atoms with Crippen LogP contribution in [0.25, 0.3) is 6.08 Å². The van der Waals surface area contributed by atoms with Gasteiger partial charge in [0.2, 0.25) is 5.75 Å². The van der Waals surface area contributed by atoms with Gasteiger partial charge in [0.25, 0.3) is 5.56 Å². The fraction of sp³-hybridized carbons (Fsp3) is 0.240. The minimum atomic E-state index is -1.04. The number of nitro benzene ring substituents is 1. The van der Waals surface area contributed by atoms with E-state index >= 15 is 0 Å². The molecule has 0 bridgehead atoms. The van der Waals surface area contributed by atoms with E-state index in [1.165, 1.54) is 43.1 Å². The van der Waals surface area contributed by atoms with Crippen LogP contribution in [-0.4, -0.2) is 46.5 Å². The fourth-order valence-electron chi connectivity index (χ4n) is 4.16. The molecule has 1 atom stereocenters. The summed E-state index contributed by atoms with van der Waals surface area (Å²) in [5.41, 5.74) is -0.207. The van der Waals surface area contributed by atoms with Crippen LogP contribution in [0.15, 0.2) is 45.3 Å². The Kier molecular flexibility index (Phi) is 7.65. The SMILES string of the molecule is CCOC(=O)C1=C(C)N=c2s/c(=C/c3cc(OC)c(O)c([N+](=O)[O-])c3)c(=O)n2[C@@H]1c1cc(Cl)c(O)c(OC)c1. The summed E-state index contributed by atoms with van der Waals surface area (Å²) in [4.78, 5) is 42.2. The van der Waals surface area contributed by atoms with Gasteiger partial charge in [-0.2, -0.15) is 0 Å². The number of aromatic hydroxyl groups is 2. The second-order valence-electron chi connectivity index (χ2n) is 8.20. The molecule has 3 aromatic rings. The molecular weight excluding hydrogens is 554 g/mol. The summed E-state index contributed by atoms with van der Waals surface area (Å²) in [6.45, 7) is 3.32. The molecule has 0 radical (unpaired) electrons. The van der Waals surface area contributed by atoms with E-state index in [-0.39, 0.29) is 49.3 Å². The van der Waals surface area contributed by atoms with E-state index in [9.17, 15) is 29.9 Å². The average molecular weight is 576 g/mol. The lowest BCUT2D eigenvalue weighted by molar-refractivity contribution is -0.386. The van der Waals surface area contributed by atoms with E-state index in [1.807, 2.05) is 0 Å². The van der Waals surface area contributed by atoms with Crippen molar-refractivity contribution in [2.75, 3.05) is 20.8 Å². The molecule has 14 heteroatoms. The van der Waals surface area contributed by atoms with Crippen LogP contribution in [0.4, 0.5) is 5.69 Å². The highest BCUT2D eigenvalue weighted by molar-refractivity contribution is 7.07. The van der Waals surface area contributed by atoms with Gasteiger partial charge < -0.3 is 24.4 Å². The van der Waals surface area contributed by atoms with Gasteiger partial charge in [0.1, 0.15) is 0 Å². The van der Waals surface area contributed by atoms with E-state index in [0.717, 1.165) is 17.4 Å². The molecule has 204 valence electrons. The number of nitro groups is 1. The summed E-state index contributed by atoms with van der Waals surface area (Å²) < 4.78 is 16.9. The first kappa shape index (κ1) is 27.7. The number of phenols is 2. The lowest BCUT2D eigenvalue weighted by Crippen LogP contribution is -2.40. The molecule has 2 N–H and O–H groups in total. The topological polar surface area (TPSA) is 163 Å². The minimum absolute atomic E-state index is 0.0287. The van der Waals surface area contributed by atoms with Gasteiger partial charge in [0, 0.05) is 6.07 Å². The van der Waals surface area contributed by atoms with Gasteiger partial charge in [-0.15, -0.1) is 0 Å². The van der Waals surface area contributed by atoms with Crippen LogP contribution in [0.3, 0.4) is 0 Å². The van der Waals surface area contributed by atoms with Crippen molar-refractivity contribution < 1.29 is 34.1 Å². The Morgan fingerprint density at radius 2 is 1.87 bits per heavy atom. The highest BCUT2D eigenvalue weighted by atomic mass is 35.5. The number of hydrogen-bond acceptors (Lipinski definition) is 11. The summed E-state index contributed by atoms with van der Waals surface area (Å²) in [5.74, 6) is -1.76. The molecule has 2 heterocycles. The van der Waals surface area contributed by atoms with Gasteiger partial charge in [-0.3, -0.25) is 19.5 Å². The van der Waals surface area contributed by atoms with Crippen molar-refractivity contribution in [1.29, 1.82) is 0 Å². The Morgan fingerprint density at radius 1 is 1.21 bits per heavy atom. The lowest BCUT2D eigenvalue weighted by Gasteiger charge is -2.25. The fourth-order valence-corrected chi connectivity index (χ4v) is 5.42. The Bertz CT molecular complexity index is 1730. The average Bonchev–Trinajstić information content (AvgIpc) is 3.19. The molecular formula is C25H22ClN3O9S. The molecule has 4 rings (SSSR count). The number of aromatic nitrogens is 1. The summed E-state index contributed by atoms with van der Waals surface area (Å²) in [7, 11) is 2.58. The van der Waals surface area contributed by atoms with Crippen molar-refractivity contribution >= 4 is 40.7 Å². The number of allylic oxidation sites excluding steroid dienone is 1. The van der Waals surface area contributed by atoms with Crippen LogP contribution >= 0.6 is 22.9 Å². The quantitative estimate of drug-likeness (QED) is 0.245. The molecule has 0 spiro atoms. The number of methoxy groups -OCH3 is 2. The monoisotopic (exact) mass is 575 g/mol. The predicted octanol–water partition coefficient (Wildman–Crippen LogP) is 2.79. The van der Waals surface area contributed by atoms with Gasteiger partial charge in [-0.05, 0) is 49.2 Å². The van der Waals surface area contributed by atoms with Crippen molar-refractivity contribution in [1.82, 2.24) is 4.57 Å². The number of thiazole rings is 1. The van der Waals surface area contributed by atoms with Gasteiger partial charge in [-0.1, -0.05) is 22.9 Å². The first-order chi connectivity index (χ1) is 18.5. The molecule has 0 amide bonds. The summed E-state index contributed by atoms with van der Waals surface area (Å²) >= 11 is 7.23. The molecule has 12 nitrogen and oxygen atoms in total. The lowest BCUT2D eigenvalue weighted by atomic mass is 9.95. The molecule has 0 saturated heterocycles. The summed E-state index contributed by atoms with van der Waals surface area (Å²) in [6, 6.07) is 4.27. The maximum absolute atomic E-state index is 13.8. The molecule has 1 aliphatic rings. The maximum atomic E-state index is 13.8. The zero-order valence-electron chi connectivity index (χ0n) is 21.1. The van der Waals surface area contributed by atoms with E-state index in [2.05, 4.69) is 4.99 Å². The third kappa shape index (κ3) is 4.93. The second kappa shape index (κ2) is 10.8. The van der Waals surface area contributed by atoms with Crippen molar-refractivity contribution in [3.63, 3.8) is 0 Å². The number of carbonyl (C=O) groups excluding carboxylic acids is 1. The van der Waals surface area contributed by atoms with Crippen molar-refractivity contribution in [3.05, 3.63) is 81.5 Å². The summed E-state index contributed by atoms with van der Waals surface area (Å²) in [6.07, 6.45) is 1.39. The Morgan fingerprint density at radius 3 is 2.49 bits per heavy atom. The molecule has 0 saturated carbocycles. The Balaban J connectivity index is 2.01. The number of rotatable bonds is 7. The minimum Gasteiger partial charge on any atom is -0.503 e. The molecule has 1 aromatic heterocycles. The molecule has 0 fully saturated rings. The number of nitrogens with zero attached hydrogens (tertiary/aromatic N) is 3. The zero-order valence-corrected chi connectivity index (χ0v) is 22.6. The second-order valence-corrected chi connectivity index (χ2v) is 9.62. The van der Waals surface area contributed by atoms with Gasteiger partial charge in [0.15, 0.2) is 22.0 Å². The van der Waals surface area contributed by atoms with Crippen LogP contribution in [0.5, 0.6) is 23.0 Å². The van der Waals surface area contributed by atoms with E-state index < -0.39 is 33.9 Å². The molecule has 1 aliphatic heterocycles. The number of ether oxygens (including phenoxy) is 3. The number of carbonyl (C=O) groups is 1. The first-order valence-corrected chi connectivity index (χ1v) is 12.5. The molecule has 0 aliphatic carbocycles. The number of esters is 1. The van der Waals surface area contributed by atoms with Crippen molar-refractivity contribution in [3.8, 4) is 23.0 Å². The van der Waals surface area contributed by atoms with Crippen LogP contribution in [0.1, 0.15) is 31.0 Å². The van der Waals surface area contributed by atoms with Gasteiger partial charge in [-0.25, -0.2) is 9.79 Å². The third-order valence-corrected chi connectivity index (χ3v) is 7.17. The number of fused-ring (bicyclic) bond motifs is 1. The van der Waals surface area contributed by atoms with E-state index in [4.69, 9.17) is 25.8 Å². The molecule has 2 aromatic carbocycles. The predicted molar refractivity (Wildman–Crippen MR) is 141 cm³/mol. The molecule has 0 unspecified atom stereocenters. The van der Waals surface area contributed by atoms with Crippen LogP contribution < -0.4 is 24.4 Å². The highest BCUT2D eigenvalue weighted by Crippen LogP contribution is 2.40. The smallest absolute Gasteiger partial charge is 0.338 e. The van der Waals surface area contributed by atoms with Crippen LogP contribution in [0.2, 0.25) is 5.02 Å². The van der Waals surface area contributed by atoms with Crippen LogP contribution in [0, 0.1) is 10.1 Å². The molecule has 39 heavy (non-hydrogen) atoms. The Hall–Kier alpha value is -4.36. The standard InChI is InChI=1S/C25H22ClN3O9S/c1-5-38-24(33)19-11(2)27-25-28(20(19)13-9-14(26)21(30)17(10-13)37-4)23(32)18(39-25)8-12-6-15(29(34)35)22(31)16(7-12)36-3/h6-10,20,30-31H,5H2,1-4H3/b18-8+/t20-/m1/s1.